The number of aromatic hydroxyl groups is 1. The van der Waals surface area contributed by atoms with E-state index in [0.717, 1.165) is 22.2 Å². The van der Waals surface area contributed by atoms with Crippen molar-refractivity contribution in [1.82, 2.24) is 0 Å². The van der Waals surface area contributed by atoms with Crippen molar-refractivity contribution >= 4 is 34.7 Å². The minimum Gasteiger partial charge on any atom is -0.504 e. The van der Waals surface area contributed by atoms with Crippen molar-refractivity contribution in [2.24, 2.45) is 0 Å². The molecule has 31 heavy (non-hydrogen) atoms. The molecule has 3 aromatic rings. The van der Waals surface area contributed by atoms with Crippen LogP contribution in [0.1, 0.15) is 11.1 Å². The molecule has 0 spiro atoms. The smallest absolute Gasteiger partial charge is 0.298 e. The standard InChI is InChI=1S/C24H18FNO4S/c25-18-7-9-19(10-8-18)26-23(28)22(31-24(26)29)15-17-6-11-21(20(27)14-17)30-13-12-16-4-2-1-3-5-16/h1-11,14-15,27H,12-13H2. The van der Waals surface area contributed by atoms with Crippen molar-refractivity contribution in [3.05, 3.63) is 94.6 Å². The van der Waals surface area contributed by atoms with Crippen LogP contribution >= 0.6 is 11.8 Å². The molecule has 3 aromatic carbocycles. The zero-order valence-corrected chi connectivity index (χ0v) is 17.1. The Morgan fingerprint density at radius 1 is 1.00 bits per heavy atom. The fourth-order valence-corrected chi connectivity index (χ4v) is 3.94. The molecule has 2 amide bonds. The van der Waals surface area contributed by atoms with E-state index in [-0.39, 0.29) is 10.7 Å². The average molecular weight is 435 g/mol. The van der Waals surface area contributed by atoms with E-state index in [2.05, 4.69) is 0 Å². The number of rotatable bonds is 6. The van der Waals surface area contributed by atoms with Crippen molar-refractivity contribution in [3.8, 4) is 11.5 Å². The fraction of sp³-hybridized carbons (Fsp3) is 0.0833. The molecule has 1 aliphatic heterocycles. The first-order valence-corrected chi connectivity index (χ1v) is 10.4. The van der Waals surface area contributed by atoms with Crippen molar-refractivity contribution in [2.45, 2.75) is 6.42 Å². The average Bonchev–Trinajstić information content (AvgIpc) is 3.04. The van der Waals surface area contributed by atoms with Crippen LogP contribution in [0, 0.1) is 5.82 Å². The number of carbonyl (C=O) groups excluding carboxylic acids is 2. The molecule has 1 saturated heterocycles. The molecular formula is C24H18FNO4S. The number of halogens is 1. The van der Waals surface area contributed by atoms with Gasteiger partial charge in [0.1, 0.15) is 5.82 Å². The Kier molecular flexibility index (Phi) is 6.04. The first-order valence-electron chi connectivity index (χ1n) is 9.54. The normalized spacial score (nSPS) is 15.0. The van der Waals surface area contributed by atoms with Crippen LogP contribution in [-0.4, -0.2) is 22.9 Å². The molecule has 1 aliphatic rings. The Labute approximate surface area is 182 Å². The molecule has 1 fully saturated rings. The van der Waals surface area contributed by atoms with Gasteiger partial charge in [-0.3, -0.25) is 9.59 Å². The van der Waals surface area contributed by atoms with E-state index in [1.807, 2.05) is 30.3 Å². The molecule has 7 heteroatoms. The lowest BCUT2D eigenvalue weighted by atomic mass is 10.1. The van der Waals surface area contributed by atoms with Gasteiger partial charge in [0, 0.05) is 6.42 Å². The fourth-order valence-electron chi connectivity index (χ4n) is 3.10. The molecule has 1 N–H and O–H groups in total. The molecule has 0 radical (unpaired) electrons. The molecule has 0 saturated carbocycles. The van der Waals surface area contributed by atoms with Gasteiger partial charge in [0.05, 0.1) is 17.2 Å². The number of phenolic OH excluding ortho intramolecular Hbond substituents is 1. The lowest BCUT2D eigenvalue weighted by Crippen LogP contribution is -2.27. The van der Waals surface area contributed by atoms with Gasteiger partial charge in [-0.05, 0) is 65.4 Å². The summed E-state index contributed by atoms with van der Waals surface area (Å²) >= 11 is 0.789. The number of nitrogens with zero attached hydrogens (tertiary/aromatic N) is 1. The third-order valence-electron chi connectivity index (χ3n) is 4.65. The van der Waals surface area contributed by atoms with Crippen LogP contribution < -0.4 is 9.64 Å². The third kappa shape index (κ3) is 4.78. The number of ether oxygens (including phenoxy) is 1. The highest BCUT2D eigenvalue weighted by Gasteiger charge is 2.36. The topological polar surface area (TPSA) is 66.8 Å². The Morgan fingerprint density at radius 2 is 1.74 bits per heavy atom. The molecule has 0 unspecified atom stereocenters. The highest BCUT2D eigenvalue weighted by atomic mass is 32.2. The summed E-state index contributed by atoms with van der Waals surface area (Å²) in [5, 5.41) is 9.81. The highest BCUT2D eigenvalue weighted by Crippen LogP contribution is 2.36. The monoisotopic (exact) mass is 435 g/mol. The molecule has 4 rings (SSSR count). The van der Waals surface area contributed by atoms with Gasteiger partial charge in [0.25, 0.3) is 11.1 Å². The van der Waals surface area contributed by atoms with Crippen LogP contribution in [0.5, 0.6) is 11.5 Å². The summed E-state index contributed by atoms with van der Waals surface area (Å²) < 4.78 is 18.8. The number of anilines is 1. The molecular weight excluding hydrogens is 417 g/mol. The predicted molar refractivity (Wildman–Crippen MR) is 119 cm³/mol. The van der Waals surface area contributed by atoms with Crippen molar-refractivity contribution < 1.29 is 23.8 Å². The maximum Gasteiger partial charge on any atom is 0.298 e. The second kappa shape index (κ2) is 9.06. The van der Waals surface area contributed by atoms with E-state index in [4.69, 9.17) is 4.74 Å². The largest absolute Gasteiger partial charge is 0.504 e. The SMILES string of the molecule is O=C1SC(=Cc2ccc(OCCc3ccccc3)c(O)c2)C(=O)N1c1ccc(F)cc1. The summed E-state index contributed by atoms with van der Waals surface area (Å²) in [5.74, 6) is -0.663. The van der Waals surface area contributed by atoms with Crippen LogP contribution in [0.25, 0.3) is 6.08 Å². The van der Waals surface area contributed by atoms with Crippen molar-refractivity contribution in [2.75, 3.05) is 11.5 Å². The molecule has 0 bridgehead atoms. The number of amides is 2. The number of imide groups is 1. The highest BCUT2D eigenvalue weighted by molar-refractivity contribution is 8.19. The predicted octanol–water partition coefficient (Wildman–Crippen LogP) is 5.39. The van der Waals surface area contributed by atoms with E-state index in [0.29, 0.717) is 30.0 Å². The Bertz CT molecular complexity index is 1150. The zero-order valence-electron chi connectivity index (χ0n) is 16.3. The van der Waals surface area contributed by atoms with E-state index in [1.165, 1.54) is 36.4 Å². The van der Waals surface area contributed by atoms with Gasteiger partial charge < -0.3 is 9.84 Å². The van der Waals surface area contributed by atoms with E-state index >= 15 is 0 Å². The molecule has 156 valence electrons. The minimum atomic E-state index is -0.496. The molecule has 0 aliphatic carbocycles. The van der Waals surface area contributed by atoms with Crippen LogP contribution in [-0.2, 0) is 11.2 Å². The van der Waals surface area contributed by atoms with Crippen molar-refractivity contribution in [3.63, 3.8) is 0 Å². The van der Waals surface area contributed by atoms with Crippen LogP contribution in [0.3, 0.4) is 0 Å². The molecule has 1 heterocycles. The van der Waals surface area contributed by atoms with Gasteiger partial charge in [-0.15, -0.1) is 0 Å². The number of carbonyl (C=O) groups is 2. The van der Waals surface area contributed by atoms with E-state index < -0.39 is 17.0 Å². The number of hydrogen-bond acceptors (Lipinski definition) is 5. The zero-order chi connectivity index (χ0) is 21.8. The van der Waals surface area contributed by atoms with Crippen LogP contribution in [0.15, 0.2) is 77.7 Å². The lowest BCUT2D eigenvalue weighted by Gasteiger charge is -2.12. The number of benzene rings is 3. The van der Waals surface area contributed by atoms with E-state index in [9.17, 15) is 19.1 Å². The Hall–Kier alpha value is -3.58. The van der Waals surface area contributed by atoms with Gasteiger partial charge in [-0.2, -0.15) is 0 Å². The van der Waals surface area contributed by atoms with E-state index in [1.54, 1.807) is 12.1 Å². The summed E-state index contributed by atoms with van der Waals surface area (Å²) in [6.07, 6.45) is 2.24. The van der Waals surface area contributed by atoms with Gasteiger partial charge >= 0.3 is 0 Å². The summed E-state index contributed by atoms with van der Waals surface area (Å²) in [7, 11) is 0. The first-order chi connectivity index (χ1) is 15.0. The summed E-state index contributed by atoms with van der Waals surface area (Å²) in [4.78, 5) is 26.2. The summed E-state index contributed by atoms with van der Waals surface area (Å²) in [6, 6.07) is 19.8. The quantitative estimate of drug-likeness (QED) is 0.526. The molecule has 0 atom stereocenters. The van der Waals surface area contributed by atoms with Gasteiger partial charge in [-0.25, -0.2) is 9.29 Å². The Balaban J connectivity index is 1.45. The van der Waals surface area contributed by atoms with Gasteiger partial charge in [-0.1, -0.05) is 36.4 Å². The minimum absolute atomic E-state index is 0.0559. The summed E-state index contributed by atoms with van der Waals surface area (Å²) in [5.41, 5.74) is 1.99. The van der Waals surface area contributed by atoms with Gasteiger partial charge in [0.2, 0.25) is 0 Å². The van der Waals surface area contributed by atoms with Crippen LogP contribution in [0.4, 0.5) is 14.9 Å². The first kappa shape index (κ1) is 20.7. The number of thioether (sulfide) groups is 1. The maximum atomic E-state index is 13.1. The maximum absolute atomic E-state index is 13.1. The molecule has 0 aromatic heterocycles. The summed E-state index contributed by atoms with van der Waals surface area (Å²) in [6.45, 7) is 0.410. The second-order valence-corrected chi connectivity index (χ2v) is 7.80. The molecule has 5 nitrogen and oxygen atoms in total. The second-order valence-electron chi connectivity index (χ2n) is 6.80. The van der Waals surface area contributed by atoms with Gasteiger partial charge in [0.15, 0.2) is 11.5 Å². The van der Waals surface area contributed by atoms with Crippen molar-refractivity contribution in [1.29, 1.82) is 0 Å². The Morgan fingerprint density at radius 3 is 2.45 bits per heavy atom. The lowest BCUT2D eigenvalue weighted by molar-refractivity contribution is -0.113. The number of phenols is 1. The number of hydrogen-bond donors (Lipinski definition) is 1. The third-order valence-corrected chi connectivity index (χ3v) is 5.52. The van der Waals surface area contributed by atoms with Crippen LogP contribution in [0.2, 0.25) is 0 Å².